The van der Waals surface area contributed by atoms with Gasteiger partial charge in [0.25, 0.3) is 0 Å². The fourth-order valence-electron chi connectivity index (χ4n) is 3.56. The van der Waals surface area contributed by atoms with E-state index < -0.39 is 12.0 Å². The fourth-order valence-corrected chi connectivity index (χ4v) is 4.48. The standard InChI is InChI=1S/C18H25N3O4S.ClH/c1-25-18(24)13-7-11-26-17(13)21-10-6-14(16(21)23)20-15(22)3-2-12-4-8-19-9-5-12;/h7,11-12,14,19H,2-6,8-10H2,1H3,(H,20,22);1H. The molecule has 2 saturated heterocycles. The van der Waals surface area contributed by atoms with E-state index in [0.29, 0.717) is 35.9 Å². The van der Waals surface area contributed by atoms with Gasteiger partial charge in [-0.25, -0.2) is 4.79 Å². The molecule has 1 atom stereocenters. The summed E-state index contributed by atoms with van der Waals surface area (Å²) >= 11 is 1.33. The minimum atomic E-state index is -0.511. The van der Waals surface area contributed by atoms with Gasteiger partial charge in [0.1, 0.15) is 11.0 Å². The van der Waals surface area contributed by atoms with Crippen molar-refractivity contribution in [3.05, 3.63) is 17.0 Å². The number of anilines is 1. The van der Waals surface area contributed by atoms with Crippen LogP contribution in [-0.2, 0) is 14.3 Å². The van der Waals surface area contributed by atoms with Gasteiger partial charge < -0.3 is 20.3 Å². The molecule has 0 aromatic carbocycles. The molecule has 150 valence electrons. The lowest BCUT2D eigenvalue weighted by Crippen LogP contribution is -2.41. The average Bonchev–Trinajstić information content (AvgIpc) is 3.27. The van der Waals surface area contributed by atoms with Crippen LogP contribution in [-0.4, -0.2) is 50.6 Å². The molecule has 7 nitrogen and oxygen atoms in total. The van der Waals surface area contributed by atoms with Gasteiger partial charge in [-0.3, -0.25) is 9.59 Å². The maximum absolute atomic E-state index is 12.7. The lowest BCUT2D eigenvalue weighted by molar-refractivity contribution is -0.126. The lowest BCUT2D eigenvalue weighted by Gasteiger charge is -2.22. The minimum Gasteiger partial charge on any atom is -0.465 e. The Morgan fingerprint density at radius 1 is 1.33 bits per heavy atom. The van der Waals surface area contributed by atoms with E-state index in [1.165, 1.54) is 18.4 Å². The molecule has 2 aliphatic heterocycles. The minimum absolute atomic E-state index is 0. The van der Waals surface area contributed by atoms with Crippen molar-refractivity contribution in [2.75, 3.05) is 31.6 Å². The van der Waals surface area contributed by atoms with Gasteiger partial charge in [0.05, 0.1) is 12.7 Å². The highest BCUT2D eigenvalue weighted by molar-refractivity contribution is 7.14. The van der Waals surface area contributed by atoms with E-state index in [9.17, 15) is 14.4 Å². The van der Waals surface area contributed by atoms with E-state index in [2.05, 4.69) is 10.6 Å². The van der Waals surface area contributed by atoms with Crippen LogP contribution in [0.5, 0.6) is 0 Å². The second kappa shape index (κ2) is 10.1. The summed E-state index contributed by atoms with van der Waals surface area (Å²) in [5.41, 5.74) is 0.392. The summed E-state index contributed by atoms with van der Waals surface area (Å²) in [6.07, 6.45) is 4.10. The summed E-state index contributed by atoms with van der Waals surface area (Å²) < 4.78 is 4.77. The zero-order valence-corrected chi connectivity index (χ0v) is 17.0. The van der Waals surface area contributed by atoms with E-state index in [0.717, 1.165) is 32.4 Å². The molecule has 3 rings (SSSR count). The van der Waals surface area contributed by atoms with Crippen LogP contribution in [0.15, 0.2) is 11.4 Å². The topological polar surface area (TPSA) is 87.7 Å². The van der Waals surface area contributed by atoms with Crippen molar-refractivity contribution in [1.29, 1.82) is 0 Å². The maximum Gasteiger partial charge on any atom is 0.340 e. The van der Waals surface area contributed by atoms with Crippen LogP contribution in [0, 0.1) is 5.92 Å². The summed E-state index contributed by atoms with van der Waals surface area (Å²) in [7, 11) is 1.32. The summed E-state index contributed by atoms with van der Waals surface area (Å²) in [6.45, 7) is 2.53. The molecule has 0 spiro atoms. The van der Waals surface area contributed by atoms with Crippen molar-refractivity contribution in [3.8, 4) is 0 Å². The molecule has 1 unspecified atom stereocenters. The second-order valence-corrected chi connectivity index (χ2v) is 7.66. The average molecular weight is 416 g/mol. The van der Waals surface area contributed by atoms with Gasteiger partial charge in [-0.1, -0.05) is 0 Å². The summed E-state index contributed by atoms with van der Waals surface area (Å²) in [6, 6.07) is 1.15. The molecule has 1 aromatic heterocycles. The molecule has 0 aliphatic carbocycles. The Balaban J connectivity index is 0.00000261. The van der Waals surface area contributed by atoms with E-state index in [1.54, 1.807) is 16.3 Å². The van der Waals surface area contributed by atoms with Gasteiger partial charge in [-0.15, -0.1) is 23.7 Å². The molecule has 0 bridgehead atoms. The number of carbonyl (C=O) groups is 3. The third-order valence-electron chi connectivity index (χ3n) is 5.07. The molecule has 2 fully saturated rings. The number of ether oxygens (including phenoxy) is 1. The number of nitrogens with zero attached hydrogens (tertiary/aromatic N) is 1. The predicted molar refractivity (Wildman–Crippen MR) is 107 cm³/mol. The SMILES string of the molecule is COC(=O)c1ccsc1N1CCC(NC(=O)CCC2CCNCC2)C1=O.Cl. The molecule has 2 amide bonds. The Morgan fingerprint density at radius 2 is 2.07 bits per heavy atom. The molecular weight excluding hydrogens is 390 g/mol. The van der Waals surface area contributed by atoms with E-state index in [1.807, 2.05) is 0 Å². The van der Waals surface area contributed by atoms with Crippen LogP contribution in [0.1, 0.15) is 42.5 Å². The number of thiophene rings is 1. The Kier molecular flexibility index (Phi) is 8.07. The van der Waals surface area contributed by atoms with Crippen molar-refractivity contribution in [3.63, 3.8) is 0 Å². The van der Waals surface area contributed by atoms with Crippen LogP contribution in [0.3, 0.4) is 0 Å². The first-order valence-corrected chi connectivity index (χ1v) is 9.95. The third-order valence-corrected chi connectivity index (χ3v) is 6.01. The number of rotatable bonds is 6. The predicted octanol–water partition coefficient (Wildman–Crippen LogP) is 1.96. The number of nitrogens with one attached hydrogen (secondary N) is 2. The summed E-state index contributed by atoms with van der Waals surface area (Å²) in [5, 5.41) is 8.54. The van der Waals surface area contributed by atoms with Crippen molar-refractivity contribution in [1.82, 2.24) is 10.6 Å². The van der Waals surface area contributed by atoms with Gasteiger partial charge in [-0.2, -0.15) is 0 Å². The van der Waals surface area contributed by atoms with Crippen molar-refractivity contribution in [2.24, 2.45) is 5.92 Å². The Morgan fingerprint density at radius 3 is 2.78 bits per heavy atom. The Bertz CT molecular complexity index is 675. The Hall–Kier alpha value is -1.64. The first kappa shape index (κ1) is 21.7. The first-order valence-electron chi connectivity index (χ1n) is 9.07. The molecule has 27 heavy (non-hydrogen) atoms. The number of amides is 2. The summed E-state index contributed by atoms with van der Waals surface area (Å²) in [4.78, 5) is 38.3. The number of piperidine rings is 1. The smallest absolute Gasteiger partial charge is 0.340 e. The molecular formula is C18H26ClN3O4S. The molecule has 0 radical (unpaired) electrons. The number of hydrogen-bond donors (Lipinski definition) is 2. The first-order chi connectivity index (χ1) is 12.6. The van der Waals surface area contributed by atoms with Gasteiger partial charge >= 0.3 is 5.97 Å². The normalized spacial score (nSPS) is 20.3. The van der Waals surface area contributed by atoms with Crippen LogP contribution in [0.4, 0.5) is 5.00 Å². The van der Waals surface area contributed by atoms with E-state index >= 15 is 0 Å². The molecule has 9 heteroatoms. The quantitative estimate of drug-likeness (QED) is 0.693. The molecule has 3 heterocycles. The maximum atomic E-state index is 12.7. The molecule has 2 N–H and O–H groups in total. The summed E-state index contributed by atoms with van der Waals surface area (Å²) in [5.74, 6) is -0.0917. The monoisotopic (exact) mass is 415 g/mol. The number of halogens is 1. The largest absolute Gasteiger partial charge is 0.465 e. The van der Waals surface area contributed by atoms with Crippen LogP contribution >= 0.6 is 23.7 Å². The van der Waals surface area contributed by atoms with Crippen molar-refractivity contribution < 1.29 is 19.1 Å². The number of methoxy groups -OCH3 is 1. The van der Waals surface area contributed by atoms with E-state index in [4.69, 9.17) is 4.74 Å². The zero-order valence-electron chi connectivity index (χ0n) is 15.4. The lowest BCUT2D eigenvalue weighted by atomic mass is 9.93. The van der Waals surface area contributed by atoms with Crippen LogP contribution < -0.4 is 15.5 Å². The number of carbonyl (C=O) groups excluding carboxylic acids is 3. The van der Waals surface area contributed by atoms with Gasteiger partial charge in [-0.05, 0) is 56.1 Å². The highest BCUT2D eigenvalue weighted by atomic mass is 35.5. The van der Waals surface area contributed by atoms with Crippen LogP contribution in [0.25, 0.3) is 0 Å². The third kappa shape index (κ3) is 5.21. The Labute approximate surface area is 169 Å². The van der Waals surface area contributed by atoms with Gasteiger partial charge in [0.15, 0.2) is 0 Å². The van der Waals surface area contributed by atoms with Crippen molar-refractivity contribution >= 4 is 46.5 Å². The molecule has 2 aliphatic rings. The van der Waals surface area contributed by atoms with Gasteiger partial charge in [0, 0.05) is 13.0 Å². The highest BCUT2D eigenvalue weighted by Gasteiger charge is 2.36. The number of hydrogen-bond acceptors (Lipinski definition) is 6. The van der Waals surface area contributed by atoms with Crippen molar-refractivity contribution in [2.45, 2.75) is 38.1 Å². The van der Waals surface area contributed by atoms with E-state index in [-0.39, 0.29) is 24.2 Å². The fraction of sp³-hybridized carbons (Fsp3) is 0.611. The second-order valence-electron chi connectivity index (χ2n) is 6.76. The molecule has 1 aromatic rings. The molecule has 0 saturated carbocycles. The van der Waals surface area contributed by atoms with Gasteiger partial charge in [0.2, 0.25) is 11.8 Å². The van der Waals surface area contributed by atoms with Crippen LogP contribution in [0.2, 0.25) is 0 Å². The highest BCUT2D eigenvalue weighted by Crippen LogP contribution is 2.31. The number of esters is 1. The zero-order chi connectivity index (χ0) is 18.5.